The number of hydrogen-bond acceptors (Lipinski definition) is 3. The van der Waals surface area contributed by atoms with Gasteiger partial charge in [-0.1, -0.05) is 27.5 Å². The predicted octanol–water partition coefficient (Wildman–Crippen LogP) is 3.41. The average molecular weight is 418 g/mol. The van der Waals surface area contributed by atoms with Crippen molar-refractivity contribution in [3.63, 3.8) is 0 Å². The molecule has 2 aromatic carbocycles. The highest BCUT2D eigenvalue weighted by Crippen LogP contribution is 2.15. The van der Waals surface area contributed by atoms with Crippen LogP contribution in [-0.2, 0) is 14.8 Å². The lowest BCUT2D eigenvalue weighted by atomic mass is 10.3. The normalized spacial score (nSPS) is 11.2. The van der Waals surface area contributed by atoms with Gasteiger partial charge in [-0.15, -0.1) is 0 Å². The van der Waals surface area contributed by atoms with E-state index < -0.39 is 10.0 Å². The maximum absolute atomic E-state index is 12.0. The largest absolute Gasteiger partial charge is 0.326 e. The molecule has 23 heavy (non-hydrogen) atoms. The fourth-order valence-corrected chi connectivity index (χ4v) is 3.17. The second-order valence-corrected chi connectivity index (χ2v) is 7.78. The van der Waals surface area contributed by atoms with Gasteiger partial charge in [-0.05, 0) is 48.5 Å². The number of halogens is 2. The van der Waals surface area contributed by atoms with Crippen molar-refractivity contribution < 1.29 is 13.2 Å². The third kappa shape index (κ3) is 5.62. The molecule has 0 aliphatic rings. The molecule has 0 aliphatic carbocycles. The summed E-state index contributed by atoms with van der Waals surface area (Å²) in [6, 6.07) is 12.9. The Hall–Kier alpha value is -1.41. The van der Waals surface area contributed by atoms with Gasteiger partial charge in [0.1, 0.15) is 0 Å². The minimum atomic E-state index is -3.65. The van der Waals surface area contributed by atoms with Crippen LogP contribution >= 0.6 is 27.5 Å². The molecule has 0 aliphatic heterocycles. The average Bonchev–Trinajstić information content (AvgIpc) is 2.50. The van der Waals surface area contributed by atoms with E-state index in [2.05, 4.69) is 26.0 Å². The van der Waals surface area contributed by atoms with Crippen LogP contribution in [0.2, 0.25) is 5.02 Å². The van der Waals surface area contributed by atoms with Crippen LogP contribution in [-0.4, -0.2) is 20.9 Å². The molecule has 0 atom stereocenters. The highest BCUT2D eigenvalue weighted by atomic mass is 79.9. The third-order valence-corrected chi connectivity index (χ3v) is 5.15. The minimum absolute atomic E-state index is 0.00726. The molecule has 0 spiro atoms. The monoisotopic (exact) mass is 416 g/mol. The molecule has 2 N–H and O–H groups in total. The number of rotatable bonds is 6. The first-order valence-electron chi connectivity index (χ1n) is 6.67. The van der Waals surface area contributed by atoms with Crippen molar-refractivity contribution >= 4 is 49.1 Å². The first kappa shape index (κ1) is 17.9. The van der Waals surface area contributed by atoms with Crippen LogP contribution in [0.25, 0.3) is 0 Å². The summed E-state index contributed by atoms with van der Waals surface area (Å²) in [6.45, 7) is 0.00726. The molecule has 1 amide bonds. The Morgan fingerprint density at radius 1 is 1.04 bits per heavy atom. The Balaban J connectivity index is 1.85. The first-order chi connectivity index (χ1) is 10.9. The number of nitrogens with one attached hydrogen (secondary N) is 2. The van der Waals surface area contributed by atoms with E-state index in [1.807, 2.05) is 0 Å². The second-order valence-electron chi connectivity index (χ2n) is 4.66. The molecule has 0 radical (unpaired) electrons. The topological polar surface area (TPSA) is 75.3 Å². The molecular weight excluding hydrogens is 404 g/mol. The molecule has 5 nitrogen and oxygen atoms in total. The Kier molecular flexibility index (Phi) is 6.17. The predicted molar refractivity (Wildman–Crippen MR) is 94.0 cm³/mol. The van der Waals surface area contributed by atoms with Crippen molar-refractivity contribution in [1.82, 2.24) is 4.72 Å². The number of anilines is 1. The first-order valence-corrected chi connectivity index (χ1v) is 9.33. The maximum Gasteiger partial charge on any atom is 0.240 e. The van der Waals surface area contributed by atoms with Crippen molar-refractivity contribution in [2.24, 2.45) is 0 Å². The van der Waals surface area contributed by atoms with Crippen LogP contribution in [0.3, 0.4) is 0 Å². The van der Waals surface area contributed by atoms with Crippen LogP contribution in [0.4, 0.5) is 5.69 Å². The lowest BCUT2D eigenvalue weighted by Crippen LogP contribution is -2.27. The Morgan fingerprint density at radius 3 is 2.26 bits per heavy atom. The summed E-state index contributed by atoms with van der Waals surface area (Å²) in [6.07, 6.45) is 0.0306. The highest BCUT2D eigenvalue weighted by molar-refractivity contribution is 9.10. The SMILES string of the molecule is O=C(CCNS(=O)(=O)c1ccc(Cl)cc1)Nc1ccc(Br)cc1. The Labute approximate surface area is 148 Å². The van der Waals surface area contributed by atoms with Crippen molar-refractivity contribution in [3.05, 3.63) is 58.0 Å². The van der Waals surface area contributed by atoms with Gasteiger partial charge in [0.25, 0.3) is 0 Å². The van der Waals surface area contributed by atoms with Crippen molar-refractivity contribution in [3.8, 4) is 0 Å². The molecule has 2 rings (SSSR count). The summed E-state index contributed by atoms with van der Waals surface area (Å²) >= 11 is 9.03. The van der Waals surface area contributed by atoms with E-state index in [4.69, 9.17) is 11.6 Å². The Morgan fingerprint density at radius 2 is 1.65 bits per heavy atom. The summed E-state index contributed by atoms with van der Waals surface area (Å²) < 4.78 is 27.3. The van der Waals surface area contributed by atoms with Gasteiger partial charge in [-0.25, -0.2) is 13.1 Å². The highest BCUT2D eigenvalue weighted by Gasteiger charge is 2.14. The van der Waals surface area contributed by atoms with E-state index in [0.717, 1.165) is 4.47 Å². The van der Waals surface area contributed by atoms with Gasteiger partial charge in [-0.2, -0.15) is 0 Å². The molecule has 0 saturated carbocycles. The summed E-state index contributed by atoms with van der Waals surface area (Å²) in [5, 5.41) is 3.15. The van der Waals surface area contributed by atoms with Crippen LogP contribution in [0.15, 0.2) is 57.9 Å². The van der Waals surface area contributed by atoms with Gasteiger partial charge >= 0.3 is 0 Å². The zero-order chi connectivity index (χ0) is 16.9. The van der Waals surface area contributed by atoms with E-state index in [1.165, 1.54) is 24.3 Å². The van der Waals surface area contributed by atoms with Crippen molar-refractivity contribution in [2.45, 2.75) is 11.3 Å². The van der Waals surface area contributed by atoms with Gasteiger partial charge in [0.2, 0.25) is 15.9 Å². The molecule has 0 heterocycles. The number of hydrogen-bond donors (Lipinski definition) is 2. The van der Waals surface area contributed by atoms with E-state index in [9.17, 15) is 13.2 Å². The second kappa shape index (κ2) is 7.92. The molecule has 2 aromatic rings. The minimum Gasteiger partial charge on any atom is -0.326 e. The summed E-state index contributed by atoms with van der Waals surface area (Å²) in [7, 11) is -3.65. The molecule has 8 heteroatoms. The van der Waals surface area contributed by atoms with Crippen molar-refractivity contribution in [1.29, 1.82) is 0 Å². The van der Waals surface area contributed by atoms with Gasteiger partial charge in [-0.3, -0.25) is 4.79 Å². The van der Waals surface area contributed by atoms with E-state index in [-0.39, 0.29) is 23.8 Å². The number of carbonyl (C=O) groups is 1. The molecule has 0 fully saturated rings. The molecular formula is C15H14BrClN2O3S. The maximum atomic E-state index is 12.0. The van der Waals surface area contributed by atoms with E-state index in [1.54, 1.807) is 24.3 Å². The molecule has 122 valence electrons. The quantitative estimate of drug-likeness (QED) is 0.756. The number of amides is 1. The fraction of sp³-hybridized carbons (Fsp3) is 0.133. The number of sulfonamides is 1. The van der Waals surface area contributed by atoms with Gasteiger partial charge in [0.05, 0.1) is 4.90 Å². The smallest absolute Gasteiger partial charge is 0.240 e. The fourth-order valence-electron chi connectivity index (χ4n) is 1.75. The lowest BCUT2D eigenvalue weighted by Gasteiger charge is -2.08. The van der Waals surface area contributed by atoms with Gasteiger partial charge in [0, 0.05) is 28.1 Å². The van der Waals surface area contributed by atoms with Crippen LogP contribution in [0, 0.1) is 0 Å². The molecule has 0 aromatic heterocycles. The lowest BCUT2D eigenvalue weighted by molar-refractivity contribution is -0.116. The van der Waals surface area contributed by atoms with Gasteiger partial charge < -0.3 is 5.32 Å². The summed E-state index contributed by atoms with van der Waals surface area (Å²) in [5.41, 5.74) is 0.652. The van der Waals surface area contributed by atoms with Crippen LogP contribution in [0.1, 0.15) is 6.42 Å². The zero-order valence-electron chi connectivity index (χ0n) is 11.9. The van der Waals surface area contributed by atoms with Gasteiger partial charge in [0.15, 0.2) is 0 Å². The molecule has 0 saturated heterocycles. The standard InChI is InChI=1S/C15H14BrClN2O3S/c16-11-1-5-13(6-2-11)19-15(20)9-10-18-23(21,22)14-7-3-12(17)4-8-14/h1-8,18H,9-10H2,(H,19,20). The summed E-state index contributed by atoms with van der Waals surface area (Å²) in [4.78, 5) is 11.9. The van der Waals surface area contributed by atoms with Crippen LogP contribution < -0.4 is 10.0 Å². The Bertz CT molecular complexity index is 777. The third-order valence-electron chi connectivity index (χ3n) is 2.90. The molecule has 0 bridgehead atoms. The van der Waals surface area contributed by atoms with E-state index in [0.29, 0.717) is 10.7 Å². The number of carbonyl (C=O) groups excluding carboxylic acids is 1. The summed E-state index contributed by atoms with van der Waals surface area (Å²) in [5.74, 6) is -0.272. The van der Waals surface area contributed by atoms with E-state index >= 15 is 0 Å². The number of benzene rings is 2. The van der Waals surface area contributed by atoms with Crippen LogP contribution in [0.5, 0.6) is 0 Å². The zero-order valence-corrected chi connectivity index (χ0v) is 15.1. The molecule has 0 unspecified atom stereocenters. The van der Waals surface area contributed by atoms with Crippen molar-refractivity contribution in [2.75, 3.05) is 11.9 Å².